The summed E-state index contributed by atoms with van der Waals surface area (Å²) in [4.78, 5) is 4.96. The van der Waals surface area contributed by atoms with E-state index in [-0.39, 0.29) is 44.6 Å². The quantitative estimate of drug-likeness (QED) is 0.163. The molecule has 0 bridgehead atoms. The fourth-order valence-corrected chi connectivity index (χ4v) is 14.5. The van der Waals surface area contributed by atoms with Gasteiger partial charge < -0.3 is 9.80 Å². The lowest BCUT2D eigenvalue weighted by molar-refractivity contribution is 0.332. The third-order valence-corrected chi connectivity index (χ3v) is 17.8. The lowest BCUT2D eigenvalue weighted by atomic mass is 9.33. The van der Waals surface area contributed by atoms with Crippen molar-refractivity contribution in [2.24, 2.45) is 0 Å². The summed E-state index contributed by atoms with van der Waals surface area (Å²) in [5, 5.41) is 0. The summed E-state index contributed by atoms with van der Waals surface area (Å²) in [7, 11) is 0. The Balaban J connectivity index is 1.29. The number of hydrogen-bond donors (Lipinski definition) is 0. The summed E-state index contributed by atoms with van der Waals surface area (Å²) in [6.45, 7) is 33.3. The van der Waals surface area contributed by atoms with Crippen LogP contribution in [-0.4, -0.2) is 6.71 Å². The van der Waals surface area contributed by atoms with Crippen molar-refractivity contribution >= 4 is 57.2 Å². The zero-order valence-corrected chi connectivity index (χ0v) is 42.6. The minimum absolute atomic E-state index is 0.0232. The third-order valence-electron chi connectivity index (χ3n) is 17.8. The topological polar surface area (TPSA) is 6.48 Å². The van der Waals surface area contributed by atoms with Crippen molar-refractivity contribution in [2.75, 3.05) is 9.80 Å². The summed E-state index contributed by atoms with van der Waals surface area (Å²) >= 11 is 0. The van der Waals surface area contributed by atoms with Crippen LogP contribution in [0.4, 0.5) is 34.1 Å². The Hall–Kier alpha value is -5.02. The first-order valence-electron chi connectivity index (χ1n) is 26.4. The molecule has 66 heavy (non-hydrogen) atoms. The van der Waals surface area contributed by atoms with Crippen LogP contribution in [0.2, 0.25) is 0 Å². The van der Waals surface area contributed by atoms with E-state index in [4.69, 9.17) is 0 Å². The molecule has 6 aromatic rings. The molecular formula is C63H73BN2. The molecule has 0 spiro atoms. The van der Waals surface area contributed by atoms with Gasteiger partial charge in [-0.1, -0.05) is 158 Å². The maximum absolute atomic E-state index is 9.19. The highest BCUT2D eigenvalue weighted by Gasteiger charge is 2.50. The maximum atomic E-state index is 9.19. The van der Waals surface area contributed by atoms with Gasteiger partial charge in [-0.2, -0.15) is 0 Å². The van der Waals surface area contributed by atoms with Crippen molar-refractivity contribution in [1.82, 2.24) is 0 Å². The molecule has 0 unspecified atom stereocenters. The Morgan fingerprint density at radius 2 is 1.00 bits per heavy atom. The van der Waals surface area contributed by atoms with Crippen LogP contribution in [-0.2, 0) is 37.9 Å². The van der Waals surface area contributed by atoms with Gasteiger partial charge in [0.25, 0.3) is 6.71 Å². The maximum Gasteiger partial charge on any atom is 0.252 e. The van der Waals surface area contributed by atoms with Crippen molar-refractivity contribution in [3.05, 3.63) is 159 Å². The van der Waals surface area contributed by atoms with Crippen molar-refractivity contribution in [3.63, 3.8) is 0 Å². The Morgan fingerprint density at radius 3 is 1.64 bits per heavy atom. The fraction of sp³-hybridized carbons (Fsp3) is 0.429. The van der Waals surface area contributed by atoms with Gasteiger partial charge in [-0.3, -0.25) is 0 Å². The highest BCUT2D eigenvalue weighted by molar-refractivity contribution is 7.00. The van der Waals surface area contributed by atoms with Crippen molar-refractivity contribution in [2.45, 2.75) is 174 Å². The molecule has 6 aromatic carbocycles. The van der Waals surface area contributed by atoms with E-state index in [1.807, 2.05) is 12.1 Å². The molecule has 0 saturated heterocycles. The van der Waals surface area contributed by atoms with Crippen molar-refractivity contribution < 1.29 is 4.11 Å². The van der Waals surface area contributed by atoms with Crippen LogP contribution in [0, 0.1) is 13.8 Å². The van der Waals surface area contributed by atoms with Gasteiger partial charge in [0.05, 0.1) is 0 Å². The molecule has 3 aliphatic carbocycles. The Bertz CT molecular complexity index is 3160. The van der Waals surface area contributed by atoms with E-state index in [9.17, 15) is 4.11 Å². The van der Waals surface area contributed by atoms with E-state index in [1.54, 1.807) is 0 Å². The molecule has 2 heterocycles. The smallest absolute Gasteiger partial charge is 0.252 e. The molecule has 0 amide bonds. The normalized spacial score (nSPS) is 21.4. The standard InChI is InChI=1S/C63H73BN2/c1-38-28-54-56-55(29-38)66(52-34-47-44(30-39(52)2)57(3,4)26-27-58(47,5)6)51-25-22-41(63(15,16)40-20-18-17-19-21-40)31-49(51)64(56)50-33-46-48(62(13,14)37-61(46,11)12)35-53(50)65(54)42-23-24-43-45(32-42)60(9,10)36-59(43,7)8/h17-25,28-35H,26-27,36-37H2,1-16H3/i1D3. The molecule has 2 aliphatic heterocycles. The van der Waals surface area contributed by atoms with E-state index in [0.717, 1.165) is 59.8 Å². The molecular weight excluding hydrogens is 796 g/mol. The first kappa shape index (κ1) is 40.1. The van der Waals surface area contributed by atoms with Gasteiger partial charge in [0.1, 0.15) is 0 Å². The number of hydrogen-bond acceptors (Lipinski definition) is 2. The number of benzene rings is 6. The highest BCUT2D eigenvalue weighted by Crippen LogP contribution is 2.56. The Morgan fingerprint density at radius 1 is 0.470 bits per heavy atom. The summed E-state index contributed by atoms with van der Waals surface area (Å²) < 4.78 is 27.6. The van der Waals surface area contributed by atoms with Crippen LogP contribution in [0.25, 0.3) is 0 Å². The van der Waals surface area contributed by atoms with E-state index < -0.39 is 6.85 Å². The Labute approximate surface area is 402 Å². The van der Waals surface area contributed by atoms with Crippen LogP contribution in [0.1, 0.15) is 182 Å². The van der Waals surface area contributed by atoms with E-state index in [0.29, 0.717) is 5.56 Å². The molecule has 338 valence electrons. The van der Waals surface area contributed by atoms with Crippen LogP contribution >= 0.6 is 0 Å². The number of rotatable bonds is 4. The highest BCUT2D eigenvalue weighted by atomic mass is 15.2. The molecule has 11 rings (SSSR count). The van der Waals surface area contributed by atoms with E-state index in [2.05, 4.69) is 205 Å². The second kappa shape index (κ2) is 13.6. The van der Waals surface area contributed by atoms with Gasteiger partial charge in [-0.15, -0.1) is 0 Å². The van der Waals surface area contributed by atoms with E-state index in [1.165, 1.54) is 66.5 Å². The number of nitrogens with zero attached hydrogens (tertiary/aromatic N) is 2. The summed E-state index contributed by atoms with van der Waals surface area (Å²) in [6, 6.07) is 39.5. The molecule has 2 nitrogen and oxygen atoms in total. The molecule has 0 atom stereocenters. The number of anilines is 6. The number of aryl methyl sites for hydroxylation is 2. The average Bonchev–Trinajstić information content (AvgIpc) is 3.57. The predicted molar refractivity (Wildman–Crippen MR) is 285 cm³/mol. The van der Waals surface area contributed by atoms with Crippen molar-refractivity contribution in [1.29, 1.82) is 0 Å². The van der Waals surface area contributed by atoms with Crippen molar-refractivity contribution in [3.8, 4) is 0 Å². The van der Waals surface area contributed by atoms with Gasteiger partial charge in [-0.25, -0.2) is 0 Å². The predicted octanol–water partition coefficient (Wildman–Crippen LogP) is 15.0. The van der Waals surface area contributed by atoms with E-state index >= 15 is 0 Å². The molecule has 0 fully saturated rings. The molecule has 0 saturated carbocycles. The molecule has 0 N–H and O–H groups in total. The first-order valence-corrected chi connectivity index (χ1v) is 24.9. The first-order chi connectivity index (χ1) is 31.9. The third kappa shape index (κ3) is 6.12. The Kier molecular flexibility index (Phi) is 8.25. The zero-order chi connectivity index (χ0) is 49.6. The zero-order valence-electron chi connectivity index (χ0n) is 45.6. The molecule has 0 aromatic heterocycles. The summed E-state index contributed by atoms with van der Waals surface area (Å²) in [5.41, 5.74) is 22.3. The monoisotopic (exact) mass is 872 g/mol. The van der Waals surface area contributed by atoms with Crippen LogP contribution < -0.4 is 26.2 Å². The average molecular weight is 872 g/mol. The SMILES string of the molecule is [2H]C([2H])([2H])c1cc2c3c(c1)N(c1cc4c(cc1C)C(C)(C)CCC4(C)C)c1ccc(C(C)(C)c4ccccc4)cc1B3c1cc3c(cc1N2c1ccc2c(c1)C(C)(C)CC2(C)C)C(C)(C)CC3(C)C. The van der Waals surface area contributed by atoms with Crippen LogP contribution in [0.15, 0.2) is 103 Å². The second-order valence-corrected chi connectivity index (χ2v) is 25.8. The van der Waals surface area contributed by atoms with Crippen LogP contribution in [0.3, 0.4) is 0 Å². The van der Waals surface area contributed by atoms with Gasteiger partial charge >= 0.3 is 0 Å². The fourth-order valence-electron chi connectivity index (χ4n) is 14.5. The lowest BCUT2D eigenvalue weighted by Gasteiger charge is -2.47. The van der Waals surface area contributed by atoms with Gasteiger partial charge in [0.2, 0.25) is 0 Å². The van der Waals surface area contributed by atoms with Gasteiger partial charge in [0, 0.05) is 43.7 Å². The lowest BCUT2D eigenvalue weighted by Crippen LogP contribution is -2.62. The van der Waals surface area contributed by atoms with Crippen LogP contribution in [0.5, 0.6) is 0 Å². The molecule has 0 radical (unpaired) electrons. The summed E-state index contributed by atoms with van der Waals surface area (Å²) in [6.07, 6.45) is 4.36. The van der Waals surface area contributed by atoms with Gasteiger partial charge in [0.15, 0.2) is 0 Å². The minimum atomic E-state index is -2.35. The molecule has 5 aliphatic rings. The second-order valence-electron chi connectivity index (χ2n) is 25.8. The minimum Gasteiger partial charge on any atom is -0.311 e. The summed E-state index contributed by atoms with van der Waals surface area (Å²) in [5.74, 6) is 0. The largest absolute Gasteiger partial charge is 0.311 e. The van der Waals surface area contributed by atoms with Gasteiger partial charge in [-0.05, 0) is 186 Å². The number of fused-ring (bicyclic) bond motifs is 7. The molecule has 3 heteroatoms.